The number of carbonyl (C=O) groups is 3. The lowest BCUT2D eigenvalue weighted by molar-refractivity contribution is -0.167. The van der Waals surface area contributed by atoms with Gasteiger partial charge in [0.2, 0.25) is 0 Å². The molecule has 0 aromatic rings. The Bertz CT molecular complexity index is 1180. The highest BCUT2D eigenvalue weighted by molar-refractivity contribution is 5.71. The first-order chi connectivity index (χ1) is 30.5. The molecule has 0 aromatic heterocycles. The summed E-state index contributed by atoms with van der Waals surface area (Å²) in [5.74, 6) is -0.921. The van der Waals surface area contributed by atoms with Crippen molar-refractivity contribution in [2.75, 3.05) is 13.2 Å². The Balaban J connectivity index is 4.41. The molecule has 0 bridgehead atoms. The van der Waals surface area contributed by atoms with Crippen molar-refractivity contribution in [3.8, 4) is 0 Å². The summed E-state index contributed by atoms with van der Waals surface area (Å²) in [7, 11) is 0. The van der Waals surface area contributed by atoms with Crippen molar-refractivity contribution >= 4 is 17.9 Å². The Morgan fingerprint density at radius 1 is 0.339 bits per heavy atom. The topological polar surface area (TPSA) is 78.9 Å². The second kappa shape index (κ2) is 50.5. The van der Waals surface area contributed by atoms with E-state index in [1.54, 1.807) is 0 Å². The number of hydrogen-bond acceptors (Lipinski definition) is 6. The maximum atomic E-state index is 12.8. The minimum Gasteiger partial charge on any atom is -0.462 e. The average molecular weight is 865 g/mol. The number of hydrogen-bond donors (Lipinski definition) is 0. The molecule has 0 amide bonds. The standard InChI is InChI=1S/C56H96O6/c1-4-7-10-13-16-19-22-24-26-28-30-31-34-37-40-43-46-49-55(58)61-52-53(51-60-54(57)48-45-42-39-36-33-21-18-15-12-9-6-3)62-56(59)50-47-44-41-38-35-32-29-27-25-23-20-17-14-11-8-5-2/h7,10,15-16,18-20,23-24,26-27,29,53H,4-6,8-9,11-14,17,21-22,25,28,30-52H2,1-3H3/b10-7-,18-15-,19-16-,23-20-,26-24-,29-27-. The van der Waals surface area contributed by atoms with E-state index in [1.807, 2.05) is 0 Å². The molecule has 0 radical (unpaired) electrons. The van der Waals surface area contributed by atoms with Crippen LogP contribution in [0.1, 0.15) is 245 Å². The van der Waals surface area contributed by atoms with Gasteiger partial charge in [-0.1, -0.05) is 196 Å². The summed E-state index contributed by atoms with van der Waals surface area (Å²) < 4.78 is 16.8. The Morgan fingerprint density at radius 2 is 0.645 bits per heavy atom. The van der Waals surface area contributed by atoms with Crippen molar-refractivity contribution < 1.29 is 28.6 Å². The summed E-state index contributed by atoms with van der Waals surface area (Å²) in [5.41, 5.74) is 0. The van der Waals surface area contributed by atoms with Crippen LogP contribution in [0.5, 0.6) is 0 Å². The summed E-state index contributed by atoms with van der Waals surface area (Å²) in [5, 5.41) is 0. The van der Waals surface area contributed by atoms with Gasteiger partial charge in [-0.2, -0.15) is 0 Å². The highest BCUT2D eigenvalue weighted by atomic mass is 16.6. The minimum absolute atomic E-state index is 0.0890. The third-order valence-corrected chi connectivity index (χ3v) is 10.9. The van der Waals surface area contributed by atoms with Crippen LogP contribution in [-0.2, 0) is 28.6 Å². The molecule has 0 heterocycles. The van der Waals surface area contributed by atoms with E-state index < -0.39 is 6.10 Å². The van der Waals surface area contributed by atoms with Crippen LogP contribution in [0.2, 0.25) is 0 Å². The number of ether oxygens (including phenoxy) is 3. The average Bonchev–Trinajstić information content (AvgIpc) is 3.27. The zero-order valence-corrected chi connectivity index (χ0v) is 40.6. The smallest absolute Gasteiger partial charge is 0.306 e. The first-order valence-corrected chi connectivity index (χ1v) is 25.9. The van der Waals surface area contributed by atoms with Gasteiger partial charge in [0.05, 0.1) is 0 Å². The van der Waals surface area contributed by atoms with Gasteiger partial charge in [-0.05, 0) is 103 Å². The SMILES string of the molecule is CC/C=C\C/C=C\C/C=C\CCCCCCCCCC(=O)OCC(COC(=O)CCCCCCC/C=C\CCCC)OC(=O)CCCCCCC/C=C\C/C=C\CCCCCC. The summed E-state index contributed by atoms with van der Waals surface area (Å²) in [6.45, 7) is 6.44. The number of allylic oxidation sites excluding steroid dienone is 12. The maximum Gasteiger partial charge on any atom is 0.306 e. The molecule has 6 nitrogen and oxygen atoms in total. The summed E-state index contributed by atoms with van der Waals surface area (Å²) in [4.78, 5) is 38.0. The molecule has 0 rings (SSSR count). The third-order valence-electron chi connectivity index (χ3n) is 10.9. The molecule has 6 heteroatoms. The molecule has 0 saturated carbocycles. The van der Waals surface area contributed by atoms with E-state index in [4.69, 9.17) is 14.2 Å². The van der Waals surface area contributed by atoms with Crippen molar-refractivity contribution in [2.24, 2.45) is 0 Å². The van der Waals surface area contributed by atoms with Crippen LogP contribution >= 0.6 is 0 Å². The molecule has 1 atom stereocenters. The van der Waals surface area contributed by atoms with E-state index in [0.717, 1.165) is 116 Å². The van der Waals surface area contributed by atoms with Gasteiger partial charge in [-0.3, -0.25) is 14.4 Å². The predicted molar refractivity (Wildman–Crippen MR) is 265 cm³/mol. The highest BCUT2D eigenvalue weighted by Gasteiger charge is 2.19. The van der Waals surface area contributed by atoms with E-state index in [-0.39, 0.29) is 31.1 Å². The quantitative estimate of drug-likeness (QED) is 0.0262. The molecule has 0 fully saturated rings. The van der Waals surface area contributed by atoms with Crippen LogP contribution in [0.3, 0.4) is 0 Å². The van der Waals surface area contributed by atoms with Crippen LogP contribution in [0.25, 0.3) is 0 Å². The monoisotopic (exact) mass is 865 g/mol. The second-order valence-electron chi connectivity index (χ2n) is 17.0. The second-order valence-corrected chi connectivity index (χ2v) is 17.0. The lowest BCUT2D eigenvalue weighted by Crippen LogP contribution is -2.30. The Kier molecular flexibility index (Phi) is 47.9. The summed E-state index contributed by atoms with van der Waals surface area (Å²) in [6, 6.07) is 0. The lowest BCUT2D eigenvalue weighted by Gasteiger charge is -2.18. The molecule has 356 valence electrons. The number of rotatable bonds is 46. The fourth-order valence-electron chi connectivity index (χ4n) is 7.00. The fourth-order valence-corrected chi connectivity index (χ4v) is 7.00. The molecular weight excluding hydrogens is 769 g/mol. The van der Waals surface area contributed by atoms with Gasteiger partial charge in [0.25, 0.3) is 0 Å². The van der Waals surface area contributed by atoms with Gasteiger partial charge >= 0.3 is 17.9 Å². The molecule has 0 aliphatic rings. The molecule has 0 aliphatic heterocycles. The minimum atomic E-state index is -0.789. The van der Waals surface area contributed by atoms with Crippen molar-refractivity contribution in [3.05, 3.63) is 72.9 Å². The Morgan fingerprint density at radius 3 is 1.05 bits per heavy atom. The lowest BCUT2D eigenvalue weighted by atomic mass is 10.1. The number of unbranched alkanes of at least 4 members (excludes halogenated alkanes) is 23. The van der Waals surface area contributed by atoms with E-state index in [2.05, 4.69) is 93.7 Å². The molecule has 0 N–H and O–H groups in total. The van der Waals surface area contributed by atoms with Crippen LogP contribution < -0.4 is 0 Å². The van der Waals surface area contributed by atoms with E-state index in [1.165, 1.54) is 89.9 Å². The van der Waals surface area contributed by atoms with Crippen molar-refractivity contribution in [3.63, 3.8) is 0 Å². The third kappa shape index (κ3) is 47.9. The largest absolute Gasteiger partial charge is 0.462 e. The maximum absolute atomic E-state index is 12.8. The molecular formula is C56H96O6. The number of carbonyl (C=O) groups excluding carboxylic acids is 3. The zero-order valence-electron chi connectivity index (χ0n) is 40.6. The zero-order chi connectivity index (χ0) is 45.1. The van der Waals surface area contributed by atoms with E-state index in [9.17, 15) is 14.4 Å². The van der Waals surface area contributed by atoms with Gasteiger partial charge in [-0.15, -0.1) is 0 Å². The molecule has 1 unspecified atom stereocenters. The number of esters is 3. The fraction of sp³-hybridized carbons (Fsp3) is 0.732. The molecule has 0 aromatic carbocycles. The summed E-state index contributed by atoms with van der Waals surface area (Å²) in [6.07, 6.45) is 63.1. The van der Waals surface area contributed by atoms with Crippen molar-refractivity contribution in [1.29, 1.82) is 0 Å². The predicted octanol–water partition coefficient (Wildman–Crippen LogP) is 17.0. The van der Waals surface area contributed by atoms with E-state index >= 15 is 0 Å². The first kappa shape index (κ1) is 58.9. The first-order valence-electron chi connectivity index (χ1n) is 25.9. The van der Waals surface area contributed by atoms with Gasteiger partial charge in [-0.25, -0.2) is 0 Å². The molecule has 0 spiro atoms. The Labute approximate surface area is 382 Å². The summed E-state index contributed by atoms with van der Waals surface area (Å²) >= 11 is 0. The van der Waals surface area contributed by atoms with Crippen LogP contribution in [0, 0.1) is 0 Å². The van der Waals surface area contributed by atoms with Crippen molar-refractivity contribution in [2.45, 2.75) is 252 Å². The van der Waals surface area contributed by atoms with E-state index in [0.29, 0.717) is 19.3 Å². The van der Waals surface area contributed by atoms with Gasteiger partial charge in [0, 0.05) is 19.3 Å². The van der Waals surface area contributed by atoms with Gasteiger partial charge < -0.3 is 14.2 Å². The van der Waals surface area contributed by atoms with Gasteiger partial charge in [0.15, 0.2) is 6.10 Å². The van der Waals surface area contributed by atoms with Crippen LogP contribution in [-0.4, -0.2) is 37.2 Å². The normalized spacial score (nSPS) is 12.6. The highest BCUT2D eigenvalue weighted by Crippen LogP contribution is 2.14. The molecule has 62 heavy (non-hydrogen) atoms. The molecule has 0 saturated heterocycles. The van der Waals surface area contributed by atoms with Crippen LogP contribution in [0.15, 0.2) is 72.9 Å². The van der Waals surface area contributed by atoms with Gasteiger partial charge in [0.1, 0.15) is 13.2 Å². The van der Waals surface area contributed by atoms with Crippen LogP contribution in [0.4, 0.5) is 0 Å². The molecule has 0 aliphatic carbocycles. The van der Waals surface area contributed by atoms with Crippen molar-refractivity contribution in [1.82, 2.24) is 0 Å². The Hall–Kier alpha value is -3.15.